The average Bonchev–Trinajstić information content (AvgIpc) is 2.10. The standard InChI is InChI=1S/C9H10FNO2/c1-6-3-8(10)9(11-12)4-7(6)5-13-2/h3-4H,5H2,1-2H3. The largest absolute Gasteiger partial charge is 0.380 e. The topological polar surface area (TPSA) is 38.7 Å². The van der Waals surface area contributed by atoms with Gasteiger partial charge in [0, 0.05) is 7.11 Å². The molecule has 0 aliphatic carbocycles. The summed E-state index contributed by atoms with van der Waals surface area (Å²) in [7, 11) is 1.54. The molecule has 0 N–H and O–H groups in total. The van der Waals surface area contributed by atoms with E-state index in [-0.39, 0.29) is 5.69 Å². The number of hydrogen-bond acceptors (Lipinski definition) is 3. The fourth-order valence-corrected chi connectivity index (χ4v) is 1.09. The highest BCUT2D eigenvalue weighted by Gasteiger charge is 2.07. The highest BCUT2D eigenvalue weighted by atomic mass is 19.1. The van der Waals surface area contributed by atoms with E-state index in [2.05, 4.69) is 5.18 Å². The van der Waals surface area contributed by atoms with Crippen LogP contribution < -0.4 is 0 Å². The van der Waals surface area contributed by atoms with Crippen molar-refractivity contribution in [1.29, 1.82) is 0 Å². The zero-order chi connectivity index (χ0) is 9.84. The molecule has 0 bridgehead atoms. The summed E-state index contributed by atoms with van der Waals surface area (Å²) in [6, 6.07) is 2.69. The van der Waals surface area contributed by atoms with Crippen molar-refractivity contribution < 1.29 is 9.13 Å². The second-order valence-electron chi connectivity index (χ2n) is 2.75. The summed E-state index contributed by atoms with van der Waals surface area (Å²) in [5.41, 5.74) is 1.36. The Bertz CT molecular complexity index is 326. The lowest BCUT2D eigenvalue weighted by Gasteiger charge is -2.05. The molecule has 1 aromatic carbocycles. The fourth-order valence-electron chi connectivity index (χ4n) is 1.09. The van der Waals surface area contributed by atoms with Crippen LogP contribution in [0.1, 0.15) is 11.1 Å². The maximum absolute atomic E-state index is 12.9. The minimum atomic E-state index is -0.590. The van der Waals surface area contributed by atoms with E-state index in [9.17, 15) is 9.30 Å². The van der Waals surface area contributed by atoms with Crippen molar-refractivity contribution >= 4 is 5.69 Å². The third-order valence-corrected chi connectivity index (χ3v) is 1.80. The van der Waals surface area contributed by atoms with Crippen LogP contribution in [0.4, 0.5) is 10.1 Å². The molecule has 0 saturated carbocycles. The van der Waals surface area contributed by atoms with Crippen molar-refractivity contribution in [1.82, 2.24) is 0 Å². The second kappa shape index (κ2) is 4.09. The molecule has 0 unspecified atom stereocenters. The minimum absolute atomic E-state index is 0.169. The third kappa shape index (κ3) is 2.09. The number of ether oxygens (including phenoxy) is 1. The summed E-state index contributed by atoms with van der Waals surface area (Å²) in [6.45, 7) is 2.11. The number of nitrogens with zero attached hydrogens (tertiary/aromatic N) is 1. The number of nitroso groups, excluding NO2 is 1. The molecule has 13 heavy (non-hydrogen) atoms. The second-order valence-corrected chi connectivity index (χ2v) is 2.75. The first-order valence-electron chi connectivity index (χ1n) is 3.80. The van der Waals surface area contributed by atoms with Crippen molar-refractivity contribution in [3.05, 3.63) is 34.0 Å². The normalized spacial score (nSPS) is 10.1. The zero-order valence-corrected chi connectivity index (χ0v) is 7.50. The highest BCUT2D eigenvalue weighted by Crippen LogP contribution is 2.22. The Morgan fingerprint density at radius 3 is 2.77 bits per heavy atom. The van der Waals surface area contributed by atoms with Crippen LogP contribution in [0.3, 0.4) is 0 Å². The zero-order valence-electron chi connectivity index (χ0n) is 7.50. The summed E-state index contributed by atoms with van der Waals surface area (Å²) < 4.78 is 17.8. The van der Waals surface area contributed by atoms with E-state index >= 15 is 0 Å². The maximum Gasteiger partial charge on any atom is 0.152 e. The van der Waals surface area contributed by atoms with Gasteiger partial charge in [-0.25, -0.2) is 4.39 Å². The van der Waals surface area contributed by atoms with E-state index in [4.69, 9.17) is 4.74 Å². The number of hydrogen-bond donors (Lipinski definition) is 0. The van der Waals surface area contributed by atoms with Crippen LogP contribution in [0, 0.1) is 17.6 Å². The Hall–Kier alpha value is -1.29. The van der Waals surface area contributed by atoms with E-state index in [0.29, 0.717) is 6.61 Å². The van der Waals surface area contributed by atoms with E-state index in [1.807, 2.05) is 0 Å². The Morgan fingerprint density at radius 1 is 1.54 bits per heavy atom. The molecule has 1 rings (SSSR count). The van der Waals surface area contributed by atoms with Gasteiger partial charge in [-0.05, 0) is 35.4 Å². The lowest BCUT2D eigenvalue weighted by atomic mass is 10.1. The molecule has 0 aromatic heterocycles. The maximum atomic E-state index is 12.9. The van der Waals surface area contributed by atoms with Gasteiger partial charge in [-0.1, -0.05) is 0 Å². The summed E-state index contributed by atoms with van der Waals surface area (Å²) >= 11 is 0. The van der Waals surface area contributed by atoms with Crippen LogP contribution >= 0.6 is 0 Å². The van der Waals surface area contributed by atoms with Gasteiger partial charge in [-0.15, -0.1) is 4.91 Å². The molecular formula is C9H10FNO2. The summed E-state index contributed by atoms with van der Waals surface area (Å²) in [4.78, 5) is 10.2. The Labute approximate surface area is 75.5 Å². The Kier molecular flexibility index (Phi) is 3.08. The van der Waals surface area contributed by atoms with Gasteiger partial charge in [0.2, 0.25) is 0 Å². The fraction of sp³-hybridized carbons (Fsp3) is 0.333. The first kappa shape index (κ1) is 9.80. The van der Waals surface area contributed by atoms with Gasteiger partial charge in [-0.2, -0.15) is 0 Å². The number of aryl methyl sites for hydroxylation is 1. The van der Waals surface area contributed by atoms with Crippen LogP contribution in [0.25, 0.3) is 0 Å². The molecule has 0 aliphatic rings. The summed E-state index contributed by atoms with van der Waals surface area (Å²) in [5.74, 6) is -0.590. The van der Waals surface area contributed by atoms with Gasteiger partial charge in [0.15, 0.2) is 5.82 Å². The van der Waals surface area contributed by atoms with Crippen molar-refractivity contribution in [2.24, 2.45) is 5.18 Å². The summed E-state index contributed by atoms with van der Waals surface area (Å²) in [6.07, 6.45) is 0. The molecular weight excluding hydrogens is 173 g/mol. The lowest BCUT2D eigenvalue weighted by molar-refractivity contribution is 0.184. The van der Waals surface area contributed by atoms with E-state index < -0.39 is 5.82 Å². The van der Waals surface area contributed by atoms with Crippen molar-refractivity contribution in [3.8, 4) is 0 Å². The molecule has 0 radical (unpaired) electrons. The van der Waals surface area contributed by atoms with Gasteiger partial charge in [0.25, 0.3) is 0 Å². The predicted molar refractivity (Wildman–Crippen MR) is 47.3 cm³/mol. The minimum Gasteiger partial charge on any atom is -0.380 e. The van der Waals surface area contributed by atoms with E-state index in [0.717, 1.165) is 11.1 Å². The average molecular weight is 183 g/mol. The Balaban J connectivity index is 3.14. The van der Waals surface area contributed by atoms with Crippen LogP contribution in [-0.4, -0.2) is 7.11 Å². The quantitative estimate of drug-likeness (QED) is 0.675. The van der Waals surface area contributed by atoms with Gasteiger partial charge < -0.3 is 4.74 Å². The van der Waals surface area contributed by atoms with Crippen molar-refractivity contribution in [3.63, 3.8) is 0 Å². The van der Waals surface area contributed by atoms with Crippen LogP contribution in [0.2, 0.25) is 0 Å². The molecule has 70 valence electrons. The molecule has 0 spiro atoms. The first-order chi connectivity index (χ1) is 6.19. The predicted octanol–water partition coefficient (Wildman–Crippen LogP) is 2.68. The number of halogens is 1. The molecule has 0 heterocycles. The molecule has 1 aromatic rings. The molecule has 4 heteroatoms. The number of methoxy groups -OCH3 is 1. The van der Waals surface area contributed by atoms with Crippen molar-refractivity contribution in [2.45, 2.75) is 13.5 Å². The number of rotatable bonds is 3. The smallest absolute Gasteiger partial charge is 0.152 e. The van der Waals surface area contributed by atoms with Gasteiger partial charge in [-0.3, -0.25) is 0 Å². The molecule has 0 aliphatic heterocycles. The monoisotopic (exact) mass is 183 g/mol. The van der Waals surface area contributed by atoms with Gasteiger partial charge >= 0.3 is 0 Å². The van der Waals surface area contributed by atoms with Crippen LogP contribution in [-0.2, 0) is 11.3 Å². The summed E-state index contributed by atoms with van der Waals surface area (Å²) in [5, 5.41) is 2.57. The number of benzene rings is 1. The molecule has 0 atom stereocenters. The Morgan fingerprint density at radius 2 is 2.23 bits per heavy atom. The lowest BCUT2D eigenvalue weighted by Crippen LogP contribution is -1.92. The van der Waals surface area contributed by atoms with E-state index in [1.165, 1.54) is 19.2 Å². The third-order valence-electron chi connectivity index (χ3n) is 1.80. The SMILES string of the molecule is COCc1cc(N=O)c(F)cc1C. The van der Waals surface area contributed by atoms with Gasteiger partial charge in [0.05, 0.1) is 6.61 Å². The molecule has 0 saturated heterocycles. The molecule has 3 nitrogen and oxygen atoms in total. The van der Waals surface area contributed by atoms with Gasteiger partial charge in [0.1, 0.15) is 5.69 Å². The first-order valence-corrected chi connectivity index (χ1v) is 3.80. The van der Waals surface area contributed by atoms with Crippen LogP contribution in [0.5, 0.6) is 0 Å². The highest BCUT2D eigenvalue weighted by molar-refractivity contribution is 5.44. The van der Waals surface area contributed by atoms with E-state index in [1.54, 1.807) is 6.92 Å². The van der Waals surface area contributed by atoms with Crippen LogP contribution in [0.15, 0.2) is 17.3 Å². The van der Waals surface area contributed by atoms with Crippen molar-refractivity contribution in [2.75, 3.05) is 7.11 Å². The molecule has 0 fully saturated rings. The molecule has 0 amide bonds.